The summed E-state index contributed by atoms with van der Waals surface area (Å²) in [5, 5.41) is 10.9. The number of aliphatic imine (C=N–C) groups is 1. The number of aliphatic hydroxyl groups is 1. The van der Waals surface area contributed by atoms with Crippen molar-refractivity contribution in [2.45, 2.75) is 59.6 Å². The van der Waals surface area contributed by atoms with Gasteiger partial charge in [-0.05, 0) is 31.8 Å². The minimum absolute atomic E-state index is 0.137. The number of hydrogen-bond acceptors (Lipinski definition) is 2. The van der Waals surface area contributed by atoms with E-state index in [1.54, 1.807) is 6.08 Å². The minimum Gasteiger partial charge on any atom is -0.383 e. The Morgan fingerprint density at radius 3 is 2.06 bits per heavy atom. The highest BCUT2D eigenvalue weighted by Crippen LogP contribution is 2.31. The zero-order valence-corrected chi connectivity index (χ0v) is 11.6. The van der Waals surface area contributed by atoms with Crippen LogP contribution in [0.3, 0.4) is 0 Å². The summed E-state index contributed by atoms with van der Waals surface area (Å²) in [5.74, 6) is 0.320. The quantitative estimate of drug-likeness (QED) is 0.690. The van der Waals surface area contributed by atoms with Crippen LogP contribution >= 0.6 is 0 Å². The Morgan fingerprint density at radius 2 is 1.81 bits per heavy atom. The Bertz CT molecular complexity index is 255. The predicted octanol–water partition coefficient (Wildman–Crippen LogP) is 3.46. The number of hydrogen-bond donors (Lipinski definition) is 1. The number of rotatable bonds is 6. The molecule has 0 fully saturated rings. The first-order valence-electron chi connectivity index (χ1n) is 6.23. The molecule has 0 spiro atoms. The third kappa shape index (κ3) is 3.18. The summed E-state index contributed by atoms with van der Waals surface area (Å²) in [6.07, 6.45) is 2.63. The van der Waals surface area contributed by atoms with Crippen molar-refractivity contribution in [3.05, 3.63) is 12.7 Å². The Hall–Kier alpha value is -0.630. The second-order valence-corrected chi connectivity index (χ2v) is 5.10. The van der Waals surface area contributed by atoms with E-state index in [1.165, 1.54) is 0 Å². The van der Waals surface area contributed by atoms with E-state index >= 15 is 0 Å². The van der Waals surface area contributed by atoms with Crippen LogP contribution in [0.25, 0.3) is 0 Å². The van der Waals surface area contributed by atoms with Gasteiger partial charge >= 0.3 is 0 Å². The molecule has 0 aromatic heterocycles. The van der Waals surface area contributed by atoms with Gasteiger partial charge in [-0.1, -0.05) is 40.7 Å². The molecule has 0 saturated carbocycles. The van der Waals surface area contributed by atoms with E-state index in [2.05, 4.69) is 25.4 Å². The molecular formula is C14H27NO. The lowest BCUT2D eigenvalue weighted by atomic mass is 9.74. The summed E-state index contributed by atoms with van der Waals surface area (Å²) in [6.45, 7) is 16.0. The van der Waals surface area contributed by atoms with Crippen molar-refractivity contribution in [2.24, 2.45) is 16.8 Å². The van der Waals surface area contributed by atoms with Gasteiger partial charge < -0.3 is 5.11 Å². The molecule has 0 saturated heterocycles. The fourth-order valence-electron chi connectivity index (χ4n) is 2.03. The van der Waals surface area contributed by atoms with Crippen molar-refractivity contribution in [2.75, 3.05) is 0 Å². The maximum Gasteiger partial charge on any atom is 0.111 e. The Morgan fingerprint density at radius 1 is 1.31 bits per heavy atom. The Balaban J connectivity index is 5.40. The van der Waals surface area contributed by atoms with Gasteiger partial charge in [-0.25, -0.2) is 0 Å². The molecule has 0 heterocycles. The van der Waals surface area contributed by atoms with Crippen molar-refractivity contribution in [1.82, 2.24) is 0 Å². The van der Waals surface area contributed by atoms with Crippen LogP contribution in [0.1, 0.15) is 48.0 Å². The molecule has 0 aliphatic rings. The maximum absolute atomic E-state index is 10.9. The lowest BCUT2D eigenvalue weighted by Crippen LogP contribution is -2.48. The van der Waals surface area contributed by atoms with Gasteiger partial charge in [0, 0.05) is 6.04 Å². The second kappa shape index (κ2) is 6.19. The molecule has 2 unspecified atom stereocenters. The summed E-state index contributed by atoms with van der Waals surface area (Å²) in [4.78, 5) is 4.51. The smallest absolute Gasteiger partial charge is 0.111 e. The van der Waals surface area contributed by atoms with Crippen LogP contribution in [0, 0.1) is 11.8 Å². The van der Waals surface area contributed by atoms with Crippen LogP contribution < -0.4 is 0 Å². The van der Waals surface area contributed by atoms with Gasteiger partial charge in [0.05, 0.1) is 5.71 Å². The molecule has 0 bridgehead atoms. The molecule has 0 aromatic rings. The van der Waals surface area contributed by atoms with Crippen LogP contribution in [0.4, 0.5) is 0 Å². The molecule has 0 aliphatic carbocycles. The van der Waals surface area contributed by atoms with E-state index in [1.807, 2.05) is 27.7 Å². The highest BCUT2D eigenvalue weighted by Gasteiger charge is 2.39. The van der Waals surface area contributed by atoms with Gasteiger partial charge in [-0.2, -0.15) is 0 Å². The normalized spacial score (nSPS) is 18.7. The molecule has 16 heavy (non-hydrogen) atoms. The zero-order valence-electron chi connectivity index (χ0n) is 11.6. The van der Waals surface area contributed by atoms with Crippen LogP contribution in [-0.2, 0) is 0 Å². The van der Waals surface area contributed by atoms with Gasteiger partial charge in [0.25, 0.3) is 0 Å². The highest BCUT2D eigenvalue weighted by atomic mass is 16.3. The van der Waals surface area contributed by atoms with Crippen LogP contribution in [0.15, 0.2) is 17.6 Å². The fourth-order valence-corrected chi connectivity index (χ4v) is 2.03. The molecule has 0 rings (SSSR count). The predicted molar refractivity (Wildman–Crippen MR) is 72.0 cm³/mol. The van der Waals surface area contributed by atoms with E-state index in [-0.39, 0.29) is 17.9 Å². The van der Waals surface area contributed by atoms with E-state index < -0.39 is 5.60 Å². The first-order chi connectivity index (χ1) is 7.30. The topological polar surface area (TPSA) is 32.6 Å². The summed E-state index contributed by atoms with van der Waals surface area (Å²) < 4.78 is 0. The summed E-state index contributed by atoms with van der Waals surface area (Å²) in [7, 11) is 0. The van der Waals surface area contributed by atoms with E-state index in [4.69, 9.17) is 0 Å². The van der Waals surface area contributed by atoms with E-state index in [0.717, 1.165) is 12.1 Å². The monoisotopic (exact) mass is 225 g/mol. The Labute approximate surface area is 100 Å². The largest absolute Gasteiger partial charge is 0.383 e. The molecule has 0 aliphatic heterocycles. The molecule has 0 radical (unpaired) electrons. The molecule has 1 N–H and O–H groups in total. The van der Waals surface area contributed by atoms with E-state index in [9.17, 15) is 5.11 Å². The molecule has 2 nitrogen and oxygen atoms in total. The highest BCUT2D eigenvalue weighted by molar-refractivity contribution is 6.01. The molecule has 2 heteroatoms. The first-order valence-corrected chi connectivity index (χ1v) is 6.23. The van der Waals surface area contributed by atoms with Crippen molar-refractivity contribution < 1.29 is 5.11 Å². The van der Waals surface area contributed by atoms with Gasteiger partial charge in [0.2, 0.25) is 0 Å². The van der Waals surface area contributed by atoms with Crippen LogP contribution in [-0.4, -0.2) is 22.5 Å². The van der Waals surface area contributed by atoms with E-state index in [0.29, 0.717) is 0 Å². The standard InChI is InChI=1S/C14H27NO/c1-8-12(7)14(16,10(3)4)13(9-2)15-11(5)6/h9-12,16H,2,8H2,1,3-7H3/b15-13+. The van der Waals surface area contributed by atoms with Crippen molar-refractivity contribution in [3.8, 4) is 0 Å². The summed E-state index contributed by atoms with van der Waals surface area (Å²) in [6, 6.07) is 0.183. The molecule has 0 aromatic carbocycles. The molecule has 2 atom stereocenters. The maximum atomic E-state index is 10.9. The first kappa shape index (κ1) is 15.4. The average Bonchev–Trinajstić information content (AvgIpc) is 2.22. The van der Waals surface area contributed by atoms with Gasteiger partial charge in [0.1, 0.15) is 5.60 Å². The van der Waals surface area contributed by atoms with Crippen LogP contribution in [0.2, 0.25) is 0 Å². The molecule has 0 amide bonds. The molecular weight excluding hydrogens is 198 g/mol. The third-order valence-electron chi connectivity index (χ3n) is 3.24. The number of nitrogens with zero attached hydrogens (tertiary/aromatic N) is 1. The summed E-state index contributed by atoms with van der Waals surface area (Å²) >= 11 is 0. The Kier molecular flexibility index (Phi) is 5.95. The molecule has 94 valence electrons. The SMILES string of the molecule is C=C/C(=N\C(C)C)C(O)(C(C)C)C(C)CC. The summed E-state index contributed by atoms with van der Waals surface area (Å²) in [5.41, 5.74) is -0.132. The van der Waals surface area contributed by atoms with Crippen molar-refractivity contribution >= 4 is 5.71 Å². The van der Waals surface area contributed by atoms with Crippen LogP contribution in [0.5, 0.6) is 0 Å². The fraction of sp³-hybridized carbons (Fsp3) is 0.786. The van der Waals surface area contributed by atoms with Crippen molar-refractivity contribution in [1.29, 1.82) is 0 Å². The van der Waals surface area contributed by atoms with Crippen molar-refractivity contribution in [3.63, 3.8) is 0 Å². The van der Waals surface area contributed by atoms with Gasteiger partial charge in [-0.15, -0.1) is 0 Å². The lowest BCUT2D eigenvalue weighted by molar-refractivity contribution is 0.0116. The lowest BCUT2D eigenvalue weighted by Gasteiger charge is -2.38. The minimum atomic E-state index is -0.860. The zero-order chi connectivity index (χ0) is 12.9. The third-order valence-corrected chi connectivity index (χ3v) is 3.24. The second-order valence-electron chi connectivity index (χ2n) is 5.10. The average molecular weight is 225 g/mol. The van der Waals surface area contributed by atoms with Gasteiger partial charge in [0.15, 0.2) is 0 Å². The van der Waals surface area contributed by atoms with Gasteiger partial charge in [-0.3, -0.25) is 4.99 Å².